The number of nitrogens with one attached hydrogen (secondary N) is 1. The van der Waals surface area contributed by atoms with Crippen LogP contribution in [0.1, 0.15) is 399 Å². The average Bonchev–Trinajstić information content (AvgIpc) is 0.778. The van der Waals surface area contributed by atoms with Gasteiger partial charge < -0.3 is 89.9 Å². The van der Waals surface area contributed by atoms with Gasteiger partial charge in [-0.1, -0.05) is 382 Å². The third kappa shape index (κ3) is 53.0. The van der Waals surface area contributed by atoms with E-state index in [9.17, 15) is 61.0 Å². The van der Waals surface area contributed by atoms with E-state index in [4.69, 9.17) is 28.4 Å². The summed E-state index contributed by atoms with van der Waals surface area (Å²) in [6.07, 6.45) is 75.1. The van der Waals surface area contributed by atoms with Gasteiger partial charge in [-0.15, -0.1) is 0 Å². The Hall–Kier alpha value is -2.77. The highest BCUT2D eigenvalue weighted by Gasteiger charge is 2.54. The zero-order valence-corrected chi connectivity index (χ0v) is 72.8. The monoisotopic (exact) mass is 1630 g/mol. The van der Waals surface area contributed by atoms with Gasteiger partial charge >= 0.3 is 0 Å². The van der Waals surface area contributed by atoms with E-state index in [-0.39, 0.29) is 18.9 Å². The van der Waals surface area contributed by atoms with Gasteiger partial charge in [-0.25, -0.2) is 0 Å². The molecular formula is C96H175NO18. The molecule has 115 heavy (non-hydrogen) atoms. The third-order valence-corrected chi connectivity index (χ3v) is 23.5. The summed E-state index contributed by atoms with van der Waals surface area (Å²) in [6, 6.07) is -1.000. The van der Waals surface area contributed by atoms with Crippen LogP contribution in [0.4, 0.5) is 0 Å². The molecule has 3 aliphatic heterocycles. The molecule has 3 heterocycles. The Kier molecular flexibility index (Phi) is 69.4. The van der Waals surface area contributed by atoms with E-state index >= 15 is 0 Å². The Labute approximate surface area is 699 Å². The third-order valence-electron chi connectivity index (χ3n) is 23.5. The highest BCUT2D eigenvalue weighted by Crippen LogP contribution is 2.34. The summed E-state index contributed by atoms with van der Waals surface area (Å²) in [5.74, 6) is -0.283. The summed E-state index contributed by atoms with van der Waals surface area (Å²) < 4.78 is 34.5. The van der Waals surface area contributed by atoms with E-state index < -0.39 is 124 Å². The minimum absolute atomic E-state index is 0.234. The molecule has 12 N–H and O–H groups in total. The molecular weight excluding hydrogens is 1460 g/mol. The predicted molar refractivity (Wildman–Crippen MR) is 466 cm³/mol. The summed E-state index contributed by atoms with van der Waals surface area (Å²) in [6.45, 7) is 1.76. The first-order chi connectivity index (χ1) is 56.3. The quantitative estimate of drug-likeness (QED) is 0.0199. The average molecular weight is 1630 g/mol. The molecule has 1 amide bonds. The van der Waals surface area contributed by atoms with Crippen LogP contribution in [0.5, 0.6) is 0 Å². The molecule has 0 bridgehead atoms. The molecule has 0 spiro atoms. The van der Waals surface area contributed by atoms with Gasteiger partial charge in [-0.05, 0) is 83.5 Å². The Morgan fingerprint density at radius 2 is 0.583 bits per heavy atom. The first-order valence-electron chi connectivity index (χ1n) is 47.7. The van der Waals surface area contributed by atoms with Gasteiger partial charge in [0.2, 0.25) is 5.91 Å². The van der Waals surface area contributed by atoms with Crippen LogP contribution in [0.15, 0.2) is 72.9 Å². The fourth-order valence-corrected chi connectivity index (χ4v) is 15.9. The van der Waals surface area contributed by atoms with Crippen molar-refractivity contribution in [1.29, 1.82) is 0 Å². The maximum Gasteiger partial charge on any atom is 0.220 e. The van der Waals surface area contributed by atoms with Crippen molar-refractivity contribution in [3.63, 3.8) is 0 Å². The number of amides is 1. The molecule has 19 heteroatoms. The van der Waals surface area contributed by atoms with Gasteiger partial charge in [0.05, 0.1) is 38.6 Å². The second kappa shape index (κ2) is 75.0. The number of rotatable bonds is 78. The van der Waals surface area contributed by atoms with E-state index in [0.29, 0.717) is 12.8 Å². The maximum atomic E-state index is 13.5. The summed E-state index contributed by atoms with van der Waals surface area (Å²) in [7, 11) is 0. The van der Waals surface area contributed by atoms with Crippen LogP contribution in [0.2, 0.25) is 0 Å². The second-order valence-corrected chi connectivity index (χ2v) is 33.8. The number of ether oxygens (including phenoxy) is 6. The molecule has 17 atom stereocenters. The normalized spacial score (nSPS) is 24.9. The first-order valence-corrected chi connectivity index (χ1v) is 47.7. The van der Waals surface area contributed by atoms with Crippen molar-refractivity contribution in [2.45, 2.75) is 503 Å². The summed E-state index contributed by atoms with van der Waals surface area (Å²) in [5, 5.41) is 121. The molecule has 17 unspecified atom stereocenters. The summed E-state index contributed by atoms with van der Waals surface area (Å²) in [4.78, 5) is 13.5. The maximum absolute atomic E-state index is 13.5. The van der Waals surface area contributed by atoms with Gasteiger partial charge in [0.25, 0.3) is 0 Å². The van der Waals surface area contributed by atoms with Crippen LogP contribution in [0.3, 0.4) is 0 Å². The molecule has 0 radical (unpaired) electrons. The fraction of sp³-hybridized carbons (Fsp3) is 0.865. The molecule has 0 aliphatic carbocycles. The molecule has 672 valence electrons. The lowest BCUT2D eigenvalue weighted by Gasteiger charge is -2.48. The van der Waals surface area contributed by atoms with Gasteiger partial charge in [-0.2, -0.15) is 0 Å². The number of aliphatic hydroxyl groups is 11. The Bertz CT molecular complexity index is 2350. The molecule has 19 nitrogen and oxygen atoms in total. The number of carbonyl (C=O) groups excluding carboxylic acids is 1. The molecule has 0 saturated carbocycles. The van der Waals surface area contributed by atoms with Crippen LogP contribution in [0, 0.1) is 0 Å². The zero-order valence-electron chi connectivity index (χ0n) is 72.8. The van der Waals surface area contributed by atoms with Gasteiger partial charge in [-0.3, -0.25) is 4.79 Å². The number of hydrogen-bond acceptors (Lipinski definition) is 18. The molecule has 0 aromatic heterocycles. The Morgan fingerprint density at radius 3 is 0.930 bits per heavy atom. The lowest BCUT2D eigenvalue weighted by molar-refractivity contribution is -0.379. The lowest BCUT2D eigenvalue weighted by atomic mass is 9.96. The van der Waals surface area contributed by atoms with Crippen molar-refractivity contribution < 1.29 is 89.4 Å². The number of unbranched alkanes of at least 4 members (excludes halogenated alkanes) is 52. The second-order valence-electron chi connectivity index (χ2n) is 33.8. The standard InChI is InChI=1S/C96H175NO18/c1-3-5-7-9-11-13-15-17-19-21-23-25-27-29-31-33-34-35-36-37-38-39-40-41-42-43-44-46-48-50-52-54-56-58-60-62-64-66-68-70-72-74-84(102)97-79(80(101)73-71-69-67-65-63-61-59-57-55-53-51-49-47-45-32-30-28-26-24-22-20-18-16-14-12-10-8-6-4-2)78-110-94-90(108)87(105)92(82(76-99)112-94)115-96-91(109)88(106)93(83(77-100)113-96)114-95-89(107)86(104)85(103)81(75-98)111-95/h15,17,21,23,27,29,55,57,63,65,71,73,79-83,85-96,98-101,103-109H,3-14,16,18-20,22,24-26,28,30-54,56,58-62,64,66-70,72,74-78H2,1-2H3,(H,97,102)/b17-15-,23-21-,29-27-,57-55+,65-63+,73-71+. The van der Waals surface area contributed by atoms with Crippen molar-refractivity contribution in [3.05, 3.63) is 72.9 Å². The number of allylic oxidation sites excluding steroid dienone is 11. The largest absolute Gasteiger partial charge is 0.394 e. The molecule has 0 aromatic carbocycles. The van der Waals surface area contributed by atoms with Crippen LogP contribution < -0.4 is 5.32 Å². The smallest absolute Gasteiger partial charge is 0.220 e. The minimum Gasteiger partial charge on any atom is -0.394 e. The van der Waals surface area contributed by atoms with E-state index in [1.54, 1.807) is 6.08 Å². The van der Waals surface area contributed by atoms with Gasteiger partial charge in [0.15, 0.2) is 18.9 Å². The Balaban J connectivity index is 1.30. The Morgan fingerprint density at radius 1 is 0.313 bits per heavy atom. The number of hydrogen-bond donors (Lipinski definition) is 12. The SMILES string of the molecule is CCCCCCC/C=C\C/C=C\C/C=C\CCCCCCCCCCCCCCCCCCCCCCCCCCCCC(=O)NC(COC1OC(CO)C(OC2OC(CO)C(OC3OC(CO)C(O)C(O)C3O)C(O)C2O)C(O)C1O)C(O)/C=C/CC/C=C/CC/C=C/CCCCCCCCCCCCCCCCCCCCC. The van der Waals surface area contributed by atoms with Crippen molar-refractivity contribution in [2.75, 3.05) is 26.4 Å². The number of aliphatic hydroxyl groups excluding tert-OH is 11. The fourth-order valence-electron chi connectivity index (χ4n) is 15.9. The van der Waals surface area contributed by atoms with E-state index in [2.05, 4.69) is 79.9 Å². The summed E-state index contributed by atoms with van der Waals surface area (Å²) in [5.41, 5.74) is 0. The molecule has 0 aromatic rings. The van der Waals surface area contributed by atoms with E-state index in [0.717, 1.165) is 57.8 Å². The van der Waals surface area contributed by atoms with Crippen molar-refractivity contribution in [2.24, 2.45) is 0 Å². The minimum atomic E-state index is -1.99. The van der Waals surface area contributed by atoms with Gasteiger partial charge in [0, 0.05) is 6.42 Å². The molecule has 3 aliphatic rings. The highest BCUT2D eigenvalue weighted by atomic mass is 16.8. The van der Waals surface area contributed by atoms with Crippen LogP contribution >= 0.6 is 0 Å². The molecule has 3 saturated heterocycles. The van der Waals surface area contributed by atoms with E-state index in [1.807, 2.05) is 6.08 Å². The van der Waals surface area contributed by atoms with Crippen LogP contribution in [0.25, 0.3) is 0 Å². The van der Waals surface area contributed by atoms with E-state index in [1.165, 1.54) is 308 Å². The number of carbonyl (C=O) groups is 1. The first kappa shape index (κ1) is 106. The molecule has 3 fully saturated rings. The molecule has 3 rings (SSSR count). The van der Waals surface area contributed by atoms with Crippen molar-refractivity contribution >= 4 is 5.91 Å². The van der Waals surface area contributed by atoms with Crippen LogP contribution in [-0.2, 0) is 33.2 Å². The zero-order chi connectivity index (χ0) is 83.1. The summed E-state index contributed by atoms with van der Waals surface area (Å²) >= 11 is 0. The van der Waals surface area contributed by atoms with Gasteiger partial charge in [0.1, 0.15) is 73.2 Å². The predicted octanol–water partition coefficient (Wildman–Crippen LogP) is 19.1. The van der Waals surface area contributed by atoms with Crippen molar-refractivity contribution in [3.8, 4) is 0 Å². The lowest BCUT2D eigenvalue weighted by Crippen LogP contribution is -2.66. The highest BCUT2D eigenvalue weighted by molar-refractivity contribution is 5.76. The van der Waals surface area contributed by atoms with Crippen molar-refractivity contribution in [1.82, 2.24) is 5.32 Å². The van der Waals surface area contributed by atoms with Crippen LogP contribution in [-0.4, -0.2) is 193 Å². The topological polar surface area (TPSA) is 307 Å².